The lowest BCUT2D eigenvalue weighted by Gasteiger charge is -2.62. The molecule has 10 heteroatoms. The van der Waals surface area contributed by atoms with E-state index in [1.54, 1.807) is 12.0 Å². The van der Waals surface area contributed by atoms with Crippen LogP contribution in [0.2, 0.25) is 0 Å². The Hall–Kier alpha value is -1.59. The molecular formula is C31H47FN4O5. The average molecular weight is 575 g/mol. The molecule has 3 aliphatic carbocycles. The lowest BCUT2D eigenvalue weighted by molar-refractivity contribution is -0.222. The number of morpholine rings is 2. The summed E-state index contributed by atoms with van der Waals surface area (Å²) in [5, 5.41) is 0. The molecule has 6 fully saturated rings. The fourth-order valence-electron chi connectivity index (χ4n) is 9.30. The maximum atomic E-state index is 16.4. The first-order valence-corrected chi connectivity index (χ1v) is 16.2. The summed E-state index contributed by atoms with van der Waals surface area (Å²) in [5.41, 5.74) is 0.246. The highest BCUT2D eigenvalue weighted by Gasteiger charge is 2.60. The van der Waals surface area contributed by atoms with Gasteiger partial charge < -0.3 is 24.0 Å². The van der Waals surface area contributed by atoms with Gasteiger partial charge in [-0.1, -0.05) is 25.7 Å². The summed E-state index contributed by atoms with van der Waals surface area (Å²) in [5.74, 6) is 0.375. The number of carbonyl (C=O) groups is 2. The molecule has 1 amide bonds. The summed E-state index contributed by atoms with van der Waals surface area (Å²) in [6.07, 6.45) is 7.63. The van der Waals surface area contributed by atoms with Crippen molar-refractivity contribution in [2.45, 2.75) is 81.5 Å². The number of rotatable bonds is 5. The lowest BCUT2D eigenvalue weighted by atomic mass is 9.64. The van der Waals surface area contributed by atoms with Crippen molar-refractivity contribution in [1.82, 2.24) is 19.6 Å². The van der Waals surface area contributed by atoms with Crippen molar-refractivity contribution in [3.8, 4) is 0 Å². The van der Waals surface area contributed by atoms with Crippen LogP contribution in [0.4, 0.5) is 4.39 Å². The molecule has 41 heavy (non-hydrogen) atoms. The summed E-state index contributed by atoms with van der Waals surface area (Å²) in [6.45, 7) is 6.87. The number of fused-ring (bicyclic) bond motifs is 3. The minimum Gasteiger partial charge on any atom is -0.383 e. The molecule has 3 saturated carbocycles. The van der Waals surface area contributed by atoms with Gasteiger partial charge in [-0.25, -0.2) is 4.39 Å². The Morgan fingerprint density at radius 2 is 1.73 bits per heavy atom. The van der Waals surface area contributed by atoms with Crippen LogP contribution in [0.1, 0.15) is 44.9 Å². The highest BCUT2D eigenvalue weighted by atomic mass is 19.1. The molecule has 0 N–H and O–H groups in total. The summed E-state index contributed by atoms with van der Waals surface area (Å²) >= 11 is 0. The second kappa shape index (κ2) is 11.8. The number of ether oxygens (including phenoxy) is 3. The number of halogens is 1. The zero-order chi connectivity index (χ0) is 28.1. The third kappa shape index (κ3) is 5.15. The first-order valence-electron chi connectivity index (χ1n) is 16.2. The molecule has 7 rings (SSSR count). The number of hydrogen-bond acceptors (Lipinski definition) is 8. The van der Waals surface area contributed by atoms with E-state index >= 15 is 4.39 Å². The molecule has 4 heterocycles. The van der Waals surface area contributed by atoms with Gasteiger partial charge in [-0.05, 0) is 31.1 Å². The van der Waals surface area contributed by atoms with Gasteiger partial charge >= 0.3 is 0 Å². The highest BCUT2D eigenvalue weighted by molar-refractivity contribution is 6.20. The number of nitrogens with zero attached hydrogens (tertiary/aromatic N) is 4. The minimum absolute atomic E-state index is 0.0104. The van der Waals surface area contributed by atoms with E-state index < -0.39 is 12.1 Å². The van der Waals surface area contributed by atoms with Crippen molar-refractivity contribution in [3.05, 3.63) is 11.8 Å². The van der Waals surface area contributed by atoms with Crippen molar-refractivity contribution in [3.63, 3.8) is 0 Å². The third-order valence-electron chi connectivity index (χ3n) is 11.4. The summed E-state index contributed by atoms with van der Waals surface area (Å²) in [7, 11) is 1.72. The molecule has 0 bridgehead atoms. The monoisotopic (exact) mass is 574 g/mol. The maximum Gasteiger partial charge on any atom is 0.259 e. The molecule has 0 aromatic heterocycles. The largest absolute Gasteiger partial charge is 0.383 e. The van der Waals surface area contributed by atoms with E-state index in [1.165, 1.54) is 25.7 Å². The Kier molecular flexibility index (Phi) is 8.14. The molecule has 0 radical (unpaired) electrons. The molecule has 0 spiro atoms. The molecular weight excluding hydrogens is 527 g/mol. The van der Waals surface area contributed by atoms with Crippen molar-refractivity contribution in [1.29, 1.82) is 0 Å². The predicted molar refractivity (Wildman–Crippen MR) is 150 cm³/mol. The Bertz CT molecular complexity index is 1010. The van der Waals surface area contributed by atoms with Crippen LogP contribution in [0.5, 0.6) is 0 Å². The summed E-state index contributed by atoms with van der Waals surface area (Å²) in [6, 6.07) is -0.443. The summed E-state index contributed by atoms with van der Waals surface area (Å²) < 4.78 is 34.1. The average Bonchev–Trinajstić information content (AvgIpc) is 3.01. The van der Waals surface area contributed by atoms with Gasteiger partial charge in [-0.2, -0.15) is 0 Å². The van der Waals surface area contributed by atoms with Gasteiger partial charge in [0.1, 0.15) is 6.17 Å². The van der Waals surface area contributed by atoms with Gasteiger partial charge in [0.2, 0.25) is 0 Å². The number of alkyl halides is 1. The zero-order valence-electron chi connectivity index (χ0n) is 24.5. The molecule has 4 aliphatic heterocycles. The Balaban J connectivity index is 1.20. The van der Waals surface area contributed by atoms with E-state index in [-0.39, 0.29) is 54.0 Å². The van der Waals surface area contributed by atoms with Crippen LogP contribution < -0.4 is 0 Å². The van der Waals surface area contributed by atoms with Gasteiger partial charge in [0, 0.05) is 65.0 Å². The van der Waals surface area contributed by atoms with Crippen LogP contribution >= 0.6 is 0 Å². The highest BCUT2D eigenvalue weighted by Crippen LogP contribution is 2.50. The second-order valence-electron chi connectivity index (χ2n) is 13.5. The molecule has 228 valence electrons. The molecule has 0 aromatic rings. The molecule has 0 aromatic carbocycles. The third-order valence-corrected chi connectivity index (χ3v) is 11.4. The van der Waals surface area contributed by atoms with Gasteiger partial charge in [-0.3, -0.25) is 19.4 Å². The standard InChI is InChI=1S/C31H47FN4O5/c1-39-13-10-33-6-8-34(9-7-33)28-24(32)18-22-27-30(28)41-26-17-21-5-3-2-4-20(21)16-25(26)36(27)19-23(29(22)37)31(38)35-11-14-40-15-12-35/h19-22,24-28,30H,2-18H2,1H3. The SMILES string of the molecule is COCCN1CCN(C2C(F)CC3C(=O)C(C(=O)N4CCOCC4)=CN4C5CC6CCCCC6CC5OC2C34)CC1. The number of Topliss-reactive ketones (excluding diaryl/α,β-unsaturated/α-hetero) is 1. The van der Waals surface area contributed by atoms with Crippen molar-refractivity contribution >= 4 is 11.7 Å². The van der Waals surface area contributed by atoms with Crippen LogP contribution in [-0.4, -0.2) is 141 Å². The van der Waals surface area contributed by atoms with Crippen LogP contribution in [-0.2, 0) is 23.8 Å². The number of hydrogen-bond donors (Lipinski definition) is 0. The molecule has 3 saturated heterocycles. The van der Waals surface area contributed by atoms with Gasteiger partial charge in [0.25, 0.3) is 5.91 Å². The first kappa shape index (κ1) is 28.2. The van der Waals surface area contributed by atoms with Gasteiger partial charge in [0.05, 0.1) is 55.7 Å². The normalized spacial score (nSPS) is 41.8. The van der Waals surface area contributed by atoms with Crippen LogP contribution in [0.3, 0.4) is 0 Å². The fourth-order valence-corrected chi connectivity index (χ4v) is 9.30. The molecule has 9 nitrogen and oxygen atoms in total. The smallest absolute Gasteiger partial charge is 0.259 e. The number of ketones is 1. The number of amides is 1. The molecule has 9 atom stereocenters. The number of piperazine rings is 1. The van der Waals surface area contributed by atoms with Crippen molar-refractivity contribution in [2.24, 2.45) is 17.8 Å². The van der Waals surface area contributed by atoms with Crippen LogP contribution in [0.15, 0.2) is 11.8 Å². The van der Waals surface area contributed by atoms with Gasteiger partial charge in [-0.15, -0.1) is 0 Å². The molecule has 7 aliphatic rings. The summed E-state index contributed by atoms with van der Waals surface area (Å²) in [4.78, 5) is 36.5. The van der Waals surface area contributed by atoms with Gasteiger partial charge in [0.15, 0.2) is 5.78 Å². The topological polar surface area (TPSA) is 74.8 Å². The number of methoxy groups -OCH3 is 1. The van der Waals surface area contributed by atoms with E-state index in [4.69, 9.17) is 14.2 Å². The maximum absolute atomic E-state index is 16.4. The first-order chi connectivity index (χ1) is 20.0. The quantitative estimate of drug-likeness (QED) is 0.460. The Morgan fingerprint density at radius 1 is 1.00 bits per heavy atom. The van der Waals surface area contributed by atoms with E-state index in [0.29, 0.717) is 44.7 Å². The zero-order valence-corrected chi connectivity index (χ0v) is 24.5. The van der Waals surface area contributed by atoms with Crippen LogP contribution in [0.25, 0.3) is 0 Å². The second-order valence-corrected chi connectivity index (χ2v) is 13.5. The Morgan fingerprint density at radius 3 is 2.46 bits per heavy atom. The predicted octanol–water partition coefficient (Wildman–Crippen LogP) is 1.71. The number of carbonyl (C=O) groups excluding carboxylic acids is 2. The van der Waals surface area contributed by atoms with Crippen molar-refractivity contribution in [2.75, 3.05) is 72.7 Å². The van der Waals surface area contributed by atoms with E-state index in [9.17, 15) is 9.59 Å². The van der Waals surface area contributed by atoms with E-state index in [2.05, 4.69) is 14.7 Å². The van der Waals surface area contributed by atoms with E-state index in [1.807, 2.05) is 6.20 Å². The van der Waals surface area contributed by atoms with Crippen molar-refractivity contribution < 1.29 is 28.2 Å². The molecule has 9 unspecified atom stereocenters. The minimum atomic E-state index is -1.17. The Labute approximate surface area is 243 Å². The lowest BCUT2D eigenvalue weighted by Crippen LogP contribution is -2.74. The van der Waals surface area contributed by atoms with E-state index in [0.717, 1.165) is 45.6 Å². The fraction of sp³-hybridized carbons (Fsp3) is 0.871. The van der Waals surface area contributed by atoms with Crippen LogP contribution in [0, 0.1) is 17.8 Å².